The molecular formula is C31H45F3N4O5. The molecule has 1 saturated carbocycles. The van der Waals surface area contributed by atoms with E-state index in [0.717, 1.165) is 43.4 Å². The van der Waals surface area contributed by atoms with Crippen LogP contribution in [0.2, 0.25) is 0 Å². The van der Waals surface area contributed by atoms with Crippen molar-refractivity contribution < 1.29 is 37.0 Å². The lowest BCUT2D eigenvalue weighted by molar-refractivity contribution is -0.137. The van der Waals surface area contributed by atoms with E-state index in [1.165, 1.54) is 12.1 Å². The third-order valence-corrected chi connectivity index (χ3v) is 8.51. The molecule has 0 atom stereocenters. The smallest absolute Gasteiger partial charge is 0.416 e. The number of nitrogens with one attached hydrogen (secondary N) is 2. The summed E-state index contributed by atoms with van der Waals surface area (Å²) in [7, 11) is 0. The van der Waals surface area contributed by atoms with Gasteiger partial charge < -0.3 is 25.0 Å². The first-order valence-corrected chi connectivity index (χ1v) is 15.3. The molecule has 0 radical (unpaired) electrons. The Morgan fingerprint density at radius 3 is 2.23 bits per heavy atom. The van der Waals surface area contributed by atoms with Gasteiger partial charge in [-0.05, 0) is 76.5 Å². The van der Waals surface area contributed by atoms with Gasteiger partial charge in [-0.1, -0.05) is 12.1 Å². The predicted molar refractivity (Wildman–Crippen MR) is 154 cm³/mol. The van der Waals surface area contributed by atoms with Gasteiger partial charge in [0.2, 0.25) is 5.91 Å². The molecule has 1 aromatic carbocycles. The van der Waals surface area contributed by atoms with Gasteiger partial charge in [0, 0.05) is 58.0 Å². The maximum atomic E-state index is 12.8. The van der Waals surface area contributed by atoms with E-state index < -0.39 is 29.0 Å². The highest BCUT2D eigenvalue weighted by Crippen LogP contribution is 2.36. The molecule has 1 aromatic rings. The molecule has 3 amide bonds. The van der Waals surface area contributed by atoms with Gasteiger partial charge >= 0.3 is 18.4 Å². The molecular weight excluding hydrogens is 565 g/mol. The Kier molecular flexibility index (Phi) is 10.5. The average Bonchev–Trinajstić information content (AvgIpc) is 3.23. The second-order valence-corrected chi connectivity index (χ2v) is 13.2. The zero-order valence-electron chi connectivity index (χ0n) is 25.4. The van der Waals surface area contributed by atoms with Gasteiger partial charge in [-0.2, -0.15) is 13.2 Å². The van der Waals surface area contributed by atoms with Crippen molar-refractivity contribution in [3.05, 3.63) is 35.4 Å². The second-order valence-electron chi connectivity index (χ2n) is 13.2. The SMILES string of the molecule is CC(C)(C)OC(=O)NCCCNC(=O)[C@H]1CC[C@H](CN2CC3(CCN(Cc4ccc(C(F)(F)F)cc4)CC3)OC2=O)CC1. The van der Waals surface area contributed by atoms with Gasteiger partial charge in [0.15, 0.2) is 0 Å². The molecule has 9 nitrogen and oxygen atoms in total. The molecule has 2 heterocycles. The number of rotatable bonds is 9. The van der Waals surface area contributed by atoms with Crippen LogP contribution in [-0.4, -0.2) is 78.4 Å². The summed E-state index contributed by atoms with van der Waals surface area (Å²) in [5, 5.41) is 5.66. The number of hydrogen-bond donors (Lipinski definition) is 2. The maximum absolute atomic E-state index is 12.8. The number of amides is 3. The molecule has 0 aromatic heterocycles. The lowest BCUT2D eigenvalue weighted by Gasteiger charge is -2.37. The Morgan fingerprint density at radius 1 is 1.00 bits per heavy atom. The molecule has 2 saturated heterocycles. The molecule has 0 unspecified atom stereocenters. The van der Waals surface area contributed by atoms with E-state index in [1.54, 1.807) is 20.8 Å². The van der Waals surface area contributed by atoms with Crippen molar-refractivity contribution in [3.8, 4) is 0 Å². The Morgan fingerprint density at radius 2 is 1.63 bits per heavy atom. The van der Waals surface area contributed by atoms with Gasteiger partial charge in [0.1, 0.15) is 11.2 Å². The fraction of sp³-hybridized carbons (Fsp3) is 0.710. The van der Waals surface area contributed by atoms with E-state index in [4.69, 9.17) is 9.47 Å². The zero-order chi connectivity index (χ0) is 31.3. The van der Waals surface area contributed by atoms with Crippen LogP contribution in [0.4, 0.5) is 22.8 Å². The fourth-order valence-corrected chi connectivity index (χ4v) is 6.14. The van der Waals surface area contributed by atoms with Crippen LogP contribution in [0.1, 0.15) is 76.8 Å². The minimum absolute atomic E-state index is 0.0401. The first-order valence-electron chi connectivity index (χ1n) is 15.3. The first-order chi connectivity index (χ1) is 20.2. The van der Waals surface area contributed by atoms with Crippen molar-refractivity contribution in [2.24, 2.45) is 11.8 Å². The Labute approximate surface area is 251 Å². The van der Waals surface area contributed by atoms with Gasteiger partial charge in [-0.25, -0.2) is 9.59 Å². The summed E-state index contributed by atoms with van der Waals surface area (Å²) >= 11 is 0. The summed E-state index contributed by atoms with van der Waals surface area (Å²) in [4.78, 5) is 41.1. The van der Waals surface area contributed by atoms with Crippen LogP contribution >= 0.6 is 0 Å². The number of halogens is 3. The summed E-state index contributed by atoms with van der Waals surface area (Å²) in [6.45, 7) is 9.47. The van der Waals surface area contributed by atoms with Crippen LogP contribution < -0.4 is 10.6 Å². The van der Waals surface area contributed by atoms with Crippen molar-refractivity contribution in [2.75, 3.05) is 39.3 Å². The molecule has 0 bridgehead atoms. The molecule has 3 aliphatic rings. The standard InChI is InChI=1S/C31H45F3N4O5/c1-29(2,3)42-27(40)36-16-4-15-35-26(39)24-9-5-23(6-10-24)20-38-21-30(43-28(38)41)13-17-37(18-14-30)19-22-7-11-25(12-8-22)31(32,33)34/h7-8,11-12,23-24H,4-6,9-10,13-21H2,1-3H3,(H,35,39)(H,36,40)/t23-,24-. The number of nitrogens with zero attached hydrogens (tertiary/aromatic N) is 2. The van der Waals surface area contributed by atoms with Crippen molar-refractivity contribution in [2.45, 2.75) is 89.6 Å². The van der Waals surface area contributed by atoms with Crippen LogP contribution in [0, 0.1) is 11.8 Å². The van der Waals surface area contributed by atoms with Crippen molar-refractivity contribution in [3.63, 3.8) is 0 Å². The lowest BCUT2D eigenvalue weighted by atomic mass is 9.81. The van der Waals surface area contributed by atoms with Crippen LogP contribution in [-0.2, 0) is 27.0 Å². The Balaban J connectivity index is 1.12. The minimum Gasteiger partial charge on any atom is -0.444 e. The van der Waals surface area contributed by atoms with Crippen molar-refractivity contribution in [1.82, 2.24) is 20.4 Å². The molecule has 2 N–H and O–H groups in total. The molecule has 240 valence electrons. The zero-order valence-corrected chi connectivity index (χ0v) is 25.4. The molecule has 4 rings (SSSR count). The predicted octanol–water partition coefficient (Wildman–Crippen LogP) is 5.33. The fourth-order valence-electron chi connectivity index (χ4n) is 6.14. The van der Waals surface area contributed by atoms with Gasteiger partial charge in [0.05, 0.1) is 12.1 Å². The number of piperidine rings is 1. The molecule has 3 fully saturated rings. The number of benzene rings is 1. The summed E-state index contributed by atoms with van der Waals surface area (Å²) in [6, 6.07) is 5.28. The summed E-state index contributed by atoms with van der Waals surface area (Å²) in [5.41, 5.74) is -0.878. The van der Waals surface area contributed by atoms with E-state index in [9.17, 15) is 27.6 Å². The van der Waals surface area contributed by atoms with Crippen LogP contribution in [0.25, 0.3) is 0 Å². The minimum atomic E-state index is -4.34. The van der Waals surface area contributed by atoms with Crippen molar-refractivity contribution in [1.29, 1.82) is 0 Å². The molecule has 2 aliphatic heterocycles. The lowest BCUT2D eigenvalue weighted by Crippen LogP contribution is -2.46. The van der Waals surface area contributed by atoms with Gasteiger partial charge in [0.25, 0.3) is 0 Å². The van der Waals surface area contributed by atoms with E-state index >= 15 is 0 Å². The van der Waals surface area contributed by atoms with E-state index in [-0.39, 0.29) is 17.9 Å². The maximum Gasteiger partial charge on any atom is 0.416 e. The van der Waals surface area contributed by atoms with Crippen LogP contribution in [0.5, 0.6) is 0 Å². The van der Waals surface area contributed by atoms with E-state index in [2.05, 4.69) is 15.5 Å². The number of likely N-dealkylation sites (tertiary alicyclic amines) is 1. The highest BCUT2D eigenvalue weighted by Gasteiger charge is 2.47. The molecule has 12 heteroatoms. The van der Waals surface area contributed by atoms with Crippen molar-refractivity contribution >= 4 is 18.1 Å². The highest BCUT2D eigenvalue weighted by molar-refractivity contribution is 5.78. The first kappa shape index (κ1) is 32.9. The normalized spacial score (nSPS) is 22.7. The largest absolute Gasteiger partial charge is 0.444 e. The average molecular weight is 611 g/mol. The second kappa shape index (κ2) is 13.7. The summed E-state index contributed by atoms with van der Waals surface area (Å²) in [5.74, 6) is 0.323. The number of carbonyl (C=O) groups excluding carboxylic acids is 3. The summed E-state index contributed by atoms with van der Waals surface area (Å²) in [6.07, 6.45) is 0.207. The Hall–Kier alpha value is -3.02. The third kappa shape index (κ3) is 9.74. The highest BCUT2D eigenvalue weighted by atomic mass is 19.4. The van der Waals surface area contributed by atoms with Crippen LogP contribution in [0.3, 0.4) is 0 Å². The summed E-state index contributed by atoms with van der Waals surface area (Å²) < 4.78 is 49.6. The third-order valence-electron chi connectivity index (χ3n) is 8.51. The van der Waals surface area contributed by atoms with Gasteiger partial charge in [-0.15, -0.1) is 0 Å². The van der Waals surface area contributed by atoms with Gasteiger partial charge in [-0.3, -0.25) is 9.69 Å². The van der Waals surface area contributed by atoms with E-state index in [0.29, 0.717) is 71.0 Å². The number of alkyl halides is 3. The number of hydrogen-bond acceptors (Lipinski definition) is 6. The quantitative estimate of drug-likeness (QED) is 0.367. The molecule has 1 aliphatic carbocycles. The topological polar surface area (TPSA) is 100 Å². The van der Waals surface area contributed by atoms with Crippen LogP contribution in [0.15, 0.2) is 24.3 Å². The number of alkyl carbamates (subject to hydrolysis) is 1. The van der Waals surface area contributed by atoms with E-state index in [1.807, 2.05) is 4.90 Å². The monoisotopic (exact) mass is 610 g/mol. The number of carbonyl (C=O) groups is 3. The number of ether oxygens (including phenoxy) is 2. The molecule has 1 spiro atoms. The molecule has 43 heavy (non-hydrogen) atoms. The Bertz CT molecular complexity index is 1110.